The summed E-state index contributed by atoms with van der Waals surface area (Å²) in [6, 6.07) is 2.15. The molecule has 2 heteroatoms. The molecule has 1 aliphatic carbocycles. The number of hydrogen-bond donors (Lipinski definition) is 1. The van der Waals surface area contributed by atoms with Crippen LogP contribution in [-0.2, 0) is 0 Å². The van der Waals surface area contributed by atoms with Gasteiger partial charge in [0.1, 0.15) is 0 Å². The maximum atomic E-state index is 3.75. The van der Waals surface area contributed by atoms with Gasteiger partial charge in [0.25, 0.3) is 0 Å². The molecule has 0 spiro atoms. The third-order valence-electron chi connectivity index (χ3n) is 5.21. The van der Waals surface area contributed by atoms with Gasteiger partial charge in [-0.3, -0.25) is 4.90 Å². The Balaban J connectivity index is 2.79. The third-order valence-corrected chi connectivity index (χ3v) is 5.21. The zero-order valence-electron chi connectivity index (χ0n) is 14.1. The van der Waals surface area contributed by atoms with Crippen molar-refractivity contribution >= 4 is 0 Å². The molecular weight excluding hydrogens is 232 g/mol. The van der Waals surface area contributed by atoms with Gasteiger partial charge in [-0.05, 0) is 57.5 Å². The lowest BCUT2D eigenvalue weighted by Crippen LogP contribution is -2.56. The van der Waals surface area contributed by atoms with E-state index in [0.29, 0.717) is 12.1 Å². The van der Waals surface area contributed by atoms with E-state index in [4.69, 9.17) is 0 Å². The van der Waals surface area contributed by atoms with Crippen molar-refractivity contribution in [2.45, 2.75) is 85.4 Å². The molecule has 1 fully saturated rings. The van der Waals surface area contributed by atoms with Gasteiger partial charge >= 0.3 is 0 Å². The Labute approximate surface area is 121 Å². The molecule has 114 valence electrons. The van der Waals surface area contributed by atoms with E-state index in [0.717, 1.165) is 24.4 Å². The summed E-state index contributed by atoms with van der Waals surface area (Å²) in [7, 11) is 0. The lowest BCUT2D eigenvalue weighted by atomic mass is 9.76. The molecular formula is C17H36N2. The largest absolute Gasteiger partial charge is 0.313 e. The number of nitrogens with zero attached hydrogens (tertiary/aromatic N) is 1. The molecule has 1 saturated carbocycles. The molecule has 0 saturated heterocycles. The van der Waals surface area contributed by atoms with Gasteiger partial charge in [-0.1, -0.05) is 34.6 Å². The summed E-state index contributed by atoms with van der Waals surface area (Å²) in [5.74, 6) is 1.75. The predicted octanol–water partition coefficient (Wildman–Crippen LogP) is 3.91. The smallest absolute Gasteiger partial charge is 0.0254 e. The summed E-state index contributed by atoms with van der Waals surface area (Å²) in [4.78, 5) is 2.75. The number of likely N-dealkylation sites (N-methyl/N-ethyl adjacent to an activating group) is 2. The fourth-order valence-electron chi connectivity index (χ4n) is 3.76. The quantitative estimate of drug-likeness (QED) is 0.753. The molecule has 1 N–H and O–H groups in total. The zero-order valence-corrected chi connectivity index (χ0v) is 14.1. The van der Waals surface area contributed by atoms with E-state index < -0.39 is 0 Å². The maximum absolute atomic E-state index is 3.75. The summed E-state index contributed by atoms with van der Waals surface area (Å²) >= 11 is 0. The molecule has 1 rings (SSSR count). The lowest BCUT2D eigenvalue weighted by molar-refractivity contribution is 0.0585. The fraction of sp³-hybridized carbons (Fsp3) is 1.00. The Morgan fingerprint density at radius 3 is 2.26 bits per heavy atom. The number of rotatable bonds is 7. The standard InChI is InChI=1S/C17H36N2/c1-7-14(6)19(9-3)17-12-15(13(4)5)10-11-16(17)18-8-2/h13-18H,7-12H2,1-6H3. The second kappa shape index (κ2) is 8.26. The van der Waals surface area contributed by atoms with Gasteiger partial charge in [-0.2, -0.15) is 0 Å². The Bertz CT molecular complexity index is 239. The van der Waals surface area contributed by atoms with Gasteiger partial charge in [0, 0.05) is 18.1 Å². The van der Waals surface area contributed by atoms with Crippen molar-refractivity contribution < 1.29 is 0 Å². The first-order valence-corrected chi connectivity index (χ1v) is 8.54. The van der Waals surface area contributed by atoms with Gasteiger partial charge in [0.05, 0.1) is 0 Å². The van der Waals surface area contributed by atoms with E-state index in [1.165, 1.54) is 32.2 Å². The SMILES string of the molecule is CCNC1CCC(C(C)C)CC1N(CC)C(C)CC. The van der Waals surface area contributed by atoms with E-state index in [1.807, 2.05) is 0 Å². The van der Waals surface area contributed by atoms with Crippen LogP contribution in [0.2, 0.25) is 0 Å². The highest BCUT2D eigenvalue weighted by Gasteiger charge is 2.35. The molecule has 2 nitrogen and oxygen atoms in total. The van der Waals surface area contributed by atoms with Gasteiger partial charge in [-0.15, -0.1) is 0 Å². The number of hydrogen-bond acceptors (Lipinski definition) is 2. The monoisotopic (exact) mass is 268 g/mol. The van der Waals surface area contributed by atoms with E-state index in [-0.39, 0.29) is 0 Å². The van der Waals surface area contributed by atoms with Gasteiger partial charge < -0.3 is 5.32 Å². The summed E-state index contributed by atoms with van der Waals surface area (Å²) in [6.07, 6.45) is 5.40. The van der Waals surface area contributed by atoms with E-state index >= 15 is 0 Å². The van der Waals surface area contributed by atoms with Crippen LogP contribution in [0, 0.1) is 11.8 Å². The first-order valence-electron chi connectivity index (χ1n) is 8.54. The molecule has 0 aromatic heterocycles. The average molecular weight is 268 g/mol. The van der Waals surface area contributed by atoms with Crippen LogP contribution in [0.15, 0.2) is 0 Å². The summed E-state index contributed by atoms with van der Waals surface area (Å²) in [5.41, 5.74) is 0. The van der Waals surface area contributed by atoms with Crippen molar-refractivity contribution in [3.63, 3.8) is 0 Å². The van der Waals surface area contributed by atoms with Crippen LogP contribution in [0.3, 0.4) is 0 Å². The van der Waals surface area contributed by atoms with Gasteiger partial charge in [0.2, 0.25) is 0 Å². The Kier molecular flexibility index (Phi) is 7.38. The Morgan fingerprint density at radius 1 is 1.11 bits per heavy atom. The second-order valence-corrected chi connectivity index (χ2v) is 6.64. The lowest BCUT2D eigenvalue weighted by Gasteiger charge is -2.46. The fourth-order valence-corrected chi connectivity index (χ4v) is 3.76. The minimum atomic E-state index is 0.703. The van der Waals surface area contributed by atoms with Crippen molar-refractivity contribution in [1.82, 2.24) is 10.2 Å². The van der Waals surface area contributed by atoms with Crippen molar-refractivity contribution in [2.24, 2.45) is 11.8 Å². The molecule has 1 aliphatic rings. The van der Waals surface area contributed by atoms with Crippen LogP contribution < -0.4 is 5.32 Å². The second-order valence-electron chi connectivity index (χ2n) is 6.64. The molecule has 4 unspecified atom stereocenters. The van der Waals surface area contributed by atoms with Crippen LogP contribution in [0.1, 0.15) is 67.2 Å². The predicted molar refractivity (Wildman–Crippen MR) is 85.6 cm³/mol. The molecule has 0 aromatic carbocycles. The first kappa shape index (κ1) is 17.0. The van der Waals surface area contributed by atoms with Crippen LogP contribution in [0.25, 0.3) is 0 Å². The molecule has 0 amide bonds. The molecule has 0 radical (unpaired) electrons. The maximum Gasteiger partial charge on any atom is 0.0254 e. The molecule has 19 heavy (non-hydrogen) atoms. The number of nitrogens with one attached hydrogen (secondary N) is 1. The van der Waals surface area contributed by atoms with Crippen molar-refractivity contribution in [2.75, 3.05) is 13.1 Å². The van der Waals surface area contributed by atoms with Crippen LogP contribution in [0.4, 0.5) is 0 Å². The highest BCUT2D eigenvalue weighted by molar-refractivity contribution is 4.93. The van der Waals surface area contributed by atoms with Crippen molar-refractivity contribution in [1.29, 1.82) is 0 Å². The normalized spacial score (nSPS) is 30.0. The van der Waals surface area contributed by atoms with Crippen LogP contribution in [0.5, 0.6) is 0 Å². The summed E-state index contributed by atoms with van der Waals surface area (Å²) in [6.45, 7) is 16.4. The zero-order chi connectivity index (χ0) is 14.4. The van der Waals surface area contributed by atoms with Crippen LogP contribution in [-0.4, -0.2) is 36.1 Å². The van der Waals surface area contributed by atoms with E-state index in [9.17, 15) is 0 Å². The topological polar surface area (TPSA) is 15.3 Å². The van der Waals surface area contributed by atoms with E-state index in [2.05, 4.69) is 51.8 Å². The highest BCUT2D eigenvalue weighted by atomic mass is 15.2. The molecule has 0 aliphatic heterocycles. The highest BCUT2D eigenvalue weighted by Crippen LogP contribution is 2.33. The average Bonchev–Trinajstić information content (AvgIpc) is 2.40. The summed E-state index contributed by atoms with van der Waals surface area (Å²) in [5, 5.41) is 3.75. The van der Waals surface area contributed by atoms with E-state index in [1.54, 1.807) is 0 Å². The Hall–Kier alpha value is -0.0800. The molecule has 4 atom stereocenters. The van der Waals surface area contributed by atoms with Crippen LogP contribution >= 0.6 is 0 Å². The molecule has 0 heterocycles. The minimum Gasteiger partial charge on any atom is -0.313 e. The molecule has 0 aromatic rings. The minimum absolute atomic E-state index is 0.703. The Morgan fingerprint density at radius 2 is 1.79 bits per heavy atom. The van der Waals surface area contributed by atoms with Gasteiger partial charge in [0.15, 0.2) is 0 Å². The van der Waals surface area contributed by atoms with Crippen molar-refractivity contribution in [3.05, 3.63) is 0 Å². The first-order chi connectivity index (χ1) is 9.04. The van der Waals surface area contributed by atoms with Crippen molar-refractivity contribution in [3.8, 4) is 0 Å². The molecule has 0 bridgehead atoms. The summed E-state index contributed by atoms with van der Waals surface area (Å²) < 4.78 is 0. The third kappa shape index (κ3) is 4.46. The van der Waals surface area contributed by atoms with Gasteiger partial charge in [-0.25, -0.2) is 0 Å².